The molecule has 0 saturated heterocycles. The van der Waals surface area contributed by atoms with Crippen LogP contribution >= 0.6 is 31.9 Å². The smallest absolute Gasteiger partial charge is 0.244 e. The van der Waals surface area contributed by atoms with Crippen molar-refractivity contribution < 1.29 is 13.2 Å². The van der Waals surface area contributed by atoms with E-state index in [2.05, 4.69) is 31.9 Å². The van der Waals surface area contributed by atoms with Crippen LogP contribution in [0.1, 0.15) is 5.56 Å². The van der Waals surface area contributed by atoms with E-state index >= 15 is 0 Å². The van der Waals surface area contributed by atoms with Crippen molar-refractivity contribution in [2.75, 3.05) is 27.3 Å². The van der Waals surface area contributed by atoms with E-state index in [9.17, 15) is 8.42 Å². The molecule has 0 atom stereocenters. The van der Waals surface area contributed by atoms with Crippen LogP contribution in [0, 0.1) is 6.92 Å². The van der Waals surface area contributed by atoms with E-state index in [1.807, 2.05) is 6.92 Å². The summed E-state index contributed by atoms with van der Waals surface area (Å²) in [5.74, 6) is 0. The van der Waals surface area contributed by atoms with Gasteiger partial charge in [-0.05, 0) is 40.5 Å². The summed E-state index contributed by atoms with van der Waals surface area (Å²) in [7, 11) is -0.428. The highest BCUT2D eigenvalue weighted by molar-refractivity contribution is 9.11. The SMILES string of the molecule is COCCN(C)S(=O)(=O)c1cc(Br)c(C)cc1Br. The monoisotopic (exact) mass is 399 g/mol. The summed E-state index contributed by atoms with van der Waals surface area (Å²) in [5, 5.41) is 0. The number of hydrogen-bond acceptors (Lipinski definition) is 3. The Labute approximate surface area is 125 Å². The van der Waals surface area contributed by atoms with Gasteiger partial charge in [-0.15, -0.1) is 0 Å². The Morgan fingerprint density at radius 1 is 1.28 bits per heavy atom. The van der Waals surface area contributed by atoms with Gasteiger partial charge in [-0.2, -0.15) is 4.31 Å². The van der Waals surface area contributed by atoms with Crippen molar-refractivity contribution in [3.05, 3.63) is 26.6 Å². The van der Waals surface area contributed by atoms with Gasteiger partial charge in [0.25, 0.3) is 0 Å². The average Bonchev–Trinajstić information content (AvgIpc) is 2.30. The van der Waals surface area contributed by atoms with Crippen molar-refractivity contribution in [1.29, 1.82) is 0 Å². The van der Waals surface area contributed by atoms with Gasteiger partial charge in [0.2, 0.25) is 10.0 Å². The minimum atomic E-state index is -3.50. The van der Waals surface area contributed by atoms with Gasteiger partial charge in [0.05, 0.1) is 11.5 Å². The van der Waals surface area contributed by atoms with Crippen molar-refractivity contribution in [2.45, 2.75) is 11.8 Å². The van der Waals surface area contributed by atoms with Crippen LogP contribution in [0.3, 0.4) is 0 Å². The lowest BCUT2D eigenvalue weighted by molar-refractivity contribution is 0.185. The maximum atomic E-state index is 12.3. The molecule has 0 bridgehead atoms. The van der Waals surface area contributed by atoms with Gasteiger partial charge in [-0.25, -0.2) is 8.42 Å². The molecule has 0 aliphatic rings. The number of nitrogens with zero attached hydrogens (tertiary/aromatic N) is 1. The van der Waals surface area contributed by atoms with Gasteiger partial charge in [0.1, 0.15) is 0 Å². The Morgan fingerprint density at radius 2 is 1.89 bits per heavy atom. The second kappa shape index (κ2) is 6.47. The fraction of sp³-hybridized carbons (Fsp3) is 0.455. The van der Waals surface area contributed by atoms with Crippen molar-refractivity contribution in [3.63, 3.8) is 0 Å². The number of likely N-dealkylation sites (N-methyl/N-ethyl adjacent to an activating group) is 1. The normalized spacial score (nSPS) is 12.1. The number of methoxy groups -OCH3 is 1. The van der Waals surface area contributed by atoms with Crippen molar-refractivity contribution >= 4 is 41.9 Å². The summed E-state index contributed by atoms with van der Waals surface area (Å²) in [6.07, 6.45) is 0. The summed E-state index contributed by atoms with van der Waals surface area (Å²) in [4.78, 5) is 0.249. The van der Waals surface area contributed by atoms with Gasteiger partial charge in [-0.1, -0.05) is 15.9 Å². The van der Waals surface area contributed by atoms with Crippen LogP contribution in [-0.4, -0.2) is 40.0 Å². The quantitative estimate of drug-likeness (QED) is 0.763. The van der Waals surface area contributed by atoms with Crippen LogP contribution in [0.5, 0.6) is 0 Å². The van der Waals surface area contributed by atoms with Gasteiger partial charge in [0, 0.05) is 29.6 Å². The number of hydrogen-bond donors (Lipinski definition) is 0. The molecule has 0 aliphatic carbocycles. The molecule has 7 heteroatoms. The summed E-state index contributed by atoms with van der Waals surface area (Å²) in [5.41, 5.74) is 0.973. The van der Waals surface area contributed by atoms with E-state index in [-0.39, 0.29) is 4.90 Å². The first-order valence-corrected chi connectivity index (χ1v) is 8.24. The lowest BCUT2D eigenvalue weighted by Gasteiger charge is -2.18. The van der Waals surface area contributed by atoms with E-state index in [1.54, 1.807) is 19.2 Å². The molecule has 0 saturated carbocycles. The number of benzene rings is 1. The van der Waals surface area contributed by atoms with Crippen molar-refractivity contribution in [3.8, 4) is 0 Å². The number of rotatable bonds is 5. The molecular formula is C11H15Br2NO3S. The Balaban J connectivity index is 3.16. The molecule has 4 nitrogen and oxygen atoms in total. The lowest BCUT2D eigenvalue weighted by Crippen LogP contribution is -2.30. The van der Waals surface area contributed by atoms with E-state index in [1.165, 1.54) is 11.4 Å². The van der Waals surface area contributed by atoms with E-state index in [4.69, 9.17) is 4.74 Å². The third-order valence-corrected chi connectivity index (χ3v) is 6.18. The first-order chi connectivity index (χ1) is 8.30. The highest BCUT2D eigenvalue weighted by Gasteiger charge is 2.23. The molecule has 0 aliphatic heterocycles. The maximum absolute atomic E-state index is 12.3. The molecule has 1 aromatic rings. The van der Waals surface area contributed by atoms with Crippen LogP contribution in [0.2, 0.25) is 0 Å². The van der Waals surface area contributed by atoms with Crippen LogP contribution in [-0.2, 0) is 14.8 Å². The maximum Gasteiger partial charge on any atom is 0.244 e. The van der Waals surface area contributed by atoms with Crippen molar-refractivity contribution in [1.82, 2.24) is 4.31 Å². The van der Waals surface area contributed by atoms with Crippen LogP contribution in [0.4, 0.5) is 0 Å². The zero-order chi connectivity index (χ0) is 13.9. The molecule has 1 aromatic carbocycles. The second-order valence-corrected chi connectivity index (χ2v) is 7.57. The predicted molar refractivity (Wildman–Crippen MR) is 78.3 cm³/mol. The summed E-state index contributed by atoms with van der Waals surface area (Å²) < 4.78 is 32.2. The standard InChI is InChI=1S/C11H15Br2NO3S/c1-8-6-10(13)11(7-9(8)12)18(15,16)14(2)4-5-17-3/h6-7H,4-5H2,1-3H3. The van der Waals surface area contributed by atoms with Gasteiger partial charge >= 0.3 is 0 Å². The van der Waals surface area contributed by atoms with Gasteiger partial charge < -0.3 is 4.74 Å². The first-order valence-electron chi connectivity index (χ1n) is 5.21. The minimum absolute atomic E-state index is 0.249. The van der Waals surface area contributed by atoms with Crippen LogP contribution < -0.4 is 0 Å². The number of sulfonamides is 1. The molecule has 0 radical (unpaired) electrons. The Hall–Kier alpha value is 0.0500. The molecule has 1 rings (SSSR count). The average molecular weight is 401 g/mol. The zero-order valence-corrected chi connectivity index (χ0v) is 14.4. The molecule has 18 heavy (non-hydrogen) atoms. The van der Waals surface area contributed by atoms with Crippen LogP contribution in [0.25, 0.3) is 0 Å². The summed E-state index contributed by atoms with van der Waals surface area (Å²) in [6, 6.07) is 3.39. The largest absolute Gasteiger partial charge is 0.383 e. The summed E-state index contributed by atoms with van der Waals surface area (Å²) in [6.45, 7) is 2.58. The topological polar surface area (TPSA) is 46.6 Å². The second-order valence-electron chi connectivity index (χ2n) is 3.85. The molecule has 0 spiro atoms. The molecule has 0 aromatic heterocycles. The highest BCUT2D eigenvalue weighted by atomic mass is 79.9. The number of aryl methyl sites for hydroxylation is 1. The Bertz CT molecular complexity index is 531. The molecule has 0 heterocycles. The molecule has 0 fully saturated rings. The van der Waals surface area contributed by atoms with Crippen LogP contribution in [0.15, 0.2) is 26.0 Å². The molecule has 0 unspecified atom stereocenters. The Kier molecular flexibility index (Phi) is 5.79. The zero-order valence-electron chi connectivity index (χ0n) is 10.4. The summed E-state index contributed by atoms with van der Waals surface area (Å²) >= 11 is 6.64. The van der Waals surface area contributed by atoms with Crippen molar-refractivity contribution in [2.24, 2.45) is 0 Å². The minimum Gasteiger partial charge on any atom is -0.383 e. The molecule has 0 N–H and O–H groups in total. The van der Waals surface area contributed by atoms with Gasteiger partial charge in [-0.3, -0.25) is 0 Å². The molecular weight excluding hydrogens is 386 g/mol. The third kappa shape index (κ3) is 3.54. The van der Waals surface area contributed by atoms with E-state index in [0.29, 0.717) is 17.6 Å². The number of halogens is 2. The predicted octanol–water partition coefficient (Wildman–Crippen LogP) is 2.79. The number of ether oxygens (including phenoxy) is 1. The Morgan fingerprint density at radius 3 is 2.44 bits per heavy atom. The molecule has 0 amide bonds. The fourth-order valence-electron chi connectivity index (χ4n) is 1.33. The lowest BCUT2D eigenvalue weighted by atomic mass is 10.2. The highest BCUT2D eigenvalue weighted by Crippen LogP contribution is 2.30. The van der Waals surface area contributed by atoms with E-state index in [0.717, 1.165) is 10.0 Å². The van der Waals surface area contributed by atoms with E-state index < -0.39 is 10.0 Å². The van der Waals surface area contributed by atoms with Gasteiger partial charge in [0.15, 0.2) is 0 Å². The first kappa shape index (κ1) is 16.1. The molecule has 102 valence electrons. The third-order valence-electron chi connectivity index (χ3n) is 2.51. The fourth-order valence-corrected chi connectivity index (χ4v) is 4.12.